The number of rotatable bonds is 11. The largest absolute Gasteiger partial charge is 0.490 e. The molecule has 32 heavy (non-hydrogen) atoms. The van der Waals surface area contributed by atoms with E-state index in [2.05, 4.69) is 25.7 Å². The smallest absolute Gasteiger partial charge is 0.346 e. The van der Waals surface area contributed by atoms with Gasteiger partial charge in [0.25, 0.3) is 0 Å². The van der Waals surface area contributed by atoms with Gasteiger partial charge in [-0.2, -0.15) is 4.68 Å². The Morgan fingerprint density at radius 3 is 2.72 bits per heavy atom. The lowest BCUT2D eigenvalue weighted by Crippen LogP contribution is -2.37. The Labute approximate surface area is 188 Å². The Hall–Kier alpha value is -3.01. The molecule has 0 bridgehead atoms. The van der Waals surface area contributed by atoms with Gasteiger partial charge in [0.1, 0.15) is 0 Å². The highest BCUT2D eigenvalue weighted by molar-refractivity contribution is 5.44. The summed E-state index contributed by atoms with van der Waals surface area (Å²) in [5.74, 6) is 1.25. The molecule has 0 radical (unpaired) electrons. The van der Waals surface area contributed by atoms with E-state index in [4.69, 9.17) is 14.2 Å². The molecule has 1 aromatic heterocycles. The quantitative estimate of drug-likeness (QED) is 0.457. The average molecular weight is 439 g/mol. The number of para-hydroxylation sites is 1. The predicted molar refractivity (Wildman–Crippen MR) is 120 cm³/mol. The molecule has 3 aromatic rings. The van der Waals surface area contributed by atoms with Gasteiger partial charge in [-0.05, 0) is 66.7 Å². The van der Waals surface area contributed by atoms with Crippen LogP contribution in [-0.4, -0.2) is 71.1 Å². The SMILES string of the molecule is CCOc1cc(CNCCCN2CCOCC2)ccc1Oc1nnnn1-c1ccccc1. The molecule has 1 aliphatic rings. The van der Waals surface area contributed by atoms with Crippen LogP contribution in [0.5, 0.6) is 17.5 Å². The van der Waals surface area contributed by atoms with Crippen molar-refractivity contribution in [3.63, 3.8) is 0 Å². The second-order valence-electron chi connectivity index (χ2n) is 7.51. The van der Waals surface area contributed by atoms with Crippen LogP contribution in [0.15, 0.2) is 48.5 Å². The van der Waals surface area contributed by atoms with Gasteiger partial charge in [-0.1, -0.05) is 29.4 Å². The van der Waals surface area contributed by atoms with Crippen LogP contribution in [0.3, 0.4) is 0 Å². The van der Waals surface area contributed by atoms with E-state index >= 15 is 0 Å². The number of hydrogen-bond donors (Lipinski definition) is 1. The molecule has 170 valence electrons. The fourth-order valence-electron chi connectivity index (χ4n) is 3.57. The first-order valence-electron chi connectivity index (χ1n) is 11.1. The van der Waals surface area contributed by atoms with Crippen LogP contribution in [0.1, 0.15) is 18.9 Å². The van der Waals surface area contributed by atoms with Crippen molar-refractivity contribution < 1.29 is 14.2 Å². The van der Waals surface area contributed by atoms with Crippen LogP contribution in [0, 0.1) is 0 Å². The van der Waals surface area contributed by atoms with E-state index in [9.17, 15) is 0 Å². The van der Waals surface area contributed by atoms with Crippen molar-refractivity contribution in [2.75, 3.05) is 46.0 Å². The van der Waals surface area contributed by atoms with Crippen molar-refractivity contribution in [1.29, 1.82) is 0 Å². The maximum absolute atomic E-state index is 6.02. The van der Waals surface area contributed by atoms with Crippen LogP contribution in [0.2, 0.25) is 0 Å². The van der Waals surface area contributed by atoms with E-state index in [1.54, 1.807) is 4.68 Å². The summed E-state index contributed by atoms with van der Waals surface area (Å²) in [5, 5.41) is 15.3. The van der Waals surface area contributed by atoms with Gasteiger partial charge in [0.05, 0.1) is 25.5 Å². The molecule has 1 N–H and O–H groups in total. The predicted octanol–water partition coefficient (Wildman–Crippen LogP) is 2.67. The van der Waals surface area contributed by atoms with E-state index < -0.39 is 0 Å². The summed E-state index contributed by atoms with van der Waals surface area (Å²) < 4.78 is 18.8. The topological polar surface area (TPSA) is 86.6 Å². The Kier molecular flexibility index (Phi) is 8.02. The number of aromatic nitrogens is 4. The third kappa shape index (κ3) is 6.03. The summed E-state index contributed by atoms with van der Waals surface area (Å²) in [6, 6.07) is 15.8. The zero-order valence-corrected chi connectivity index (χ0v) is 18.4. The summed E-state index contributed by atoms with van der Waals surface area (Å²) in [6.45, 7) is 9.09. The van der Waals surface area contributed by atoms with Crippen molar-refractivity contribution in [3.05, 3.63) is 54.1 Å². The van der Waals surface area contributed by atoms with E-state index in [0.717, 1.165) is 63.6 Å². The molecular weight excluding hydrogens is 408 g/mol. The second-order valence-corrected chi connectivity index (χ2v) is 7.51. The van der Waals surface area contributed by atoms with Crippen molar-refractivity contribution in [2.24, 2.45) is 0 Å². The van der Waals surface area contributed by atoms with E-state index in [0.29, 0.717) is 18.1 Å². The van der Waals surface area contributed by atoms with Crippen molar-refractivity contribution in [1.82, 2.24) is 30.4 Å². The Morgan fingerprint density at radius 2 is 1.91 bits per heavy atom. The zero-order chi connectivity index (χ0) is 22.0. The van der Waals surface area contributed by atoms with Crippen LogP contribution in [0.4, 0.5) is 0 Å². The van der Waals surface area contributed by atoms with Gasteiger partial charge in [0.15, 0.2) is 11.5 Å². The Morgan fingerprint density at radius 1 is 1.06 bits per heavy atom. The molecule has 4 rings (SSSR count). The van der Waals surface area contributed by atoms with Crippen molar-refractivity contribution in [2.45, 2.75) is 19.9 Å². The minimum atomic E-state index is 0.283. The van der Waals surface area contributed by atoms with Gasteiger partial charge in [-0.25, -0.2) is 0 Å². The van der Waals surface area contributed by atoms with Gasteiger partial charge in [-0.15, -0.1) is 0 Å². The highest BCUT2D eigenvalue weighted by atomic mass is 16.5. The fourth-order valence-corrected chi connectivity index (χ4v) is 3.57. The number of tetrazole rings is 1. The second kappa shape index (κ2) is 11.6. The number of ether oxygens (including phenoxy) is 3. The van der Waals surface area contributed by atoms with E-state index in [-0.39, 0.29) is 6.01 Å². The average Bonchev–Trinajstić information content (AvgIpc) is 3.30. The van der Waals surface area contributed by atoms with Crippen molar-refractivity contribution >= 4 is 0 Å². The molecule has 0 saturated carbocycles. The highest BCUT2D eigenvalue weighted by Gasteiger charge is 2.14. The molecule has 0 atom stereocenters. The fraction of sp³-hybridized carbons (Fsp3) is 0.435. The minimum Gasteiger partial charge on any atom is -0.490 e. The van der Waals surface area contributed by atoms with E-state index in [1.165, 1.54) is 0 Å². The monoisotopic (exact) mass is 438 g/mol. The first-order chi connectivity index (χ1) is 15.8. The van der Waals surface area contributed by atoms with Gasteiger partial charge in [0, 0.05) is 19.6 Å². The molecular formula is C23H30N6O3. The lowest BCUT2D eigenvalue weighted by Gasteiger charge is -2.26. The van der Waals surface area contributed by atoms with Crippen LogP contribution >= 0.6 is 0 Å². The molecule has 2 heterocycles. The molecule has 0 spiro atoms. The number of nitrogens with zero attached hydrogens (tertiary/aromatic N) is 5. The Bertz CT molecular complexity index is 959. The lowest BCUT2D eigenvalue weighted by molar-refractivity contribution is 0.0374. The first-order valence-corrected chi connectivity index (χ1v) is 11.1. The van der Waals surface area contributed by atoms with Crippen LogP contribution < -0.4 is 14.8 Å². The molecule has 9 heteroatoms. The highest BCUT2D eigenvalue weighted by Crippen LogP contribution is 2.32. The standard InChI is InChI=1S/C23H30N6O3/c1-2-31-22-17-19(18-24-11-6-12-28-13-15-30-16-14-28)9-10-21(22)32-23-25-26-27-29(23)20-7-4-3-5-8-20/h3-5,7-10,17,24H,2,6,11-16,18H2,1H3. The van der Waals surface area contributed by atoms with Gasteiger partial charge in [0.2, 0.25) is 0 Å². The number of hydrogen-bond acceptors (Lipinski definition) is 8. The molecule has 0 aliphatic carbocycles. The first kappa shape index (κ1) is 22.2. The van der Waals surface area contributed by atoms with Crippen LogP contribution in [-0.2, 0) is 11.3 Å². The summed E-state index contributed by atoms with van der Waals surface area (Å²) in [4.78, 5) is 2.45. The number of morpholine rings is 1. The minimum absolute atomic E-state index is 0.283. The maximum atomic E-state index is 6.02. The number of benzene rings is 2. The van der Waals surface area contributed by atoms with Gasteiger partial charge < -0.3 is 19.5 Å². The summed E-state index contributed by atoms with van der Waals surface area (Å²) in [6.07, 6.45) is 1.11. The normalized spacial score (nSPS) is 14.4. The zero-order valence-electron chi connectivity index (χ0n) is 18.4. The molecule has 2 aromatic carbocycles. The van der Waals surface area contributed by atoms with Crippen LogP contribution in [0.25, 0.3) is 5.69 Å². The molecule has 0 unspecified atom stereocenters. The molecule has 0 amide bonds. The number of nitrogens with one attached hydrogen (secondary N) is 1. The molecule has 1 fully saturated rings. The summed E-state index contributed by atoms with van der Waals surface area (Å²) in [7, 11) is 0. The van der Waals surface area contributed by atoms with E-state index in [1.807, 2.05) is 55.5 Å². The lowest BCUT2D eigenvalue weighted by atomic mass is 10.2. The molecule has 1 aliphatic heterocycles. The van der Waals surface area contributed by atoms with Gasteiger partial charge in [-0.3, -0.25) is 4.90 Å². The van der Waals surface area contributed by atoms with Crippen molar-refractivity contribution in [3.8, 4) is 23.2 Å². The third-order valence-electron chi connectivity index (χ3n) is 5.21. The Balaban J connectivity index is 1.34. The molecule has 1 saturated heterocycles. The maximum Gasteiger partial charge on any atom is 0.346 e. The molecule has 9 nitrogen and oxygen atoms in total. The third-order valence-corrected chi connectivity index (χ3v) is 5.21. The summed E-state index contributed by atoms with van der Waals surface area (Å²) >= 11 is 0. The van der Waals surface area contributed by atoms with Gasteiger partial charge >= 0.3 is 6.01 Å². The summed E-state index contributed by atoms with van der Waals surface area (Å²) in [5.41, 5.74) is 1.96.